The molecular formula is C11H13N3O2S. The molecule has 1 aliphatic heterocycles. The molecule has 1 aliphatic rings. The SMILES string of the molecule is CC1(O)CN(Cc2cc(=O)n3ccsc3n2)C1. The molecule has 1 N–H and O–H groups in total. The van der Waals surface area contributed by atoms with Gasteiger partial charge in [0.15, 0.2) is 4.96 Å². The van der Waals surface area contributed by atoms with Gasteiger partial charge in [-0.05, 0) is 6.92 Å². The molecule has 2 aromatic heterocycles. The molecule has 1 fully saturated rings. The van der Waals surface area contributed by atoms with Crippen molar-refractivity contribution < 1.29 is 5.11 Å². The second kappa shape index (κ2) is 3.63. The lowest BCUT2D eigenvalue weighted by molar-refractivity contribution is -0.0875. The minimum Gasteiger partial charge on any atom is -0.388 e. The van der Waals surface area contributed by atoms with Crippen LogP contribution in [0.25, 0.3) is 4.96 Å². The van der Waals surface area contributed by atoms with E-state index in [2.05, 4.69) is 9.88 Å². The van der Waals surface area contributed by atoms with Gasteiger partial charge in [-0.1, -0.05) is 0 Å². The number of likely N-dealkylation sites (tertiary alicyclic amines) is 1. The number of rotatable bonds is 2. The monoisotopic (exact) mass is 251 g/mol. The molecule has 1 saturated heterocycles. The topological polar surface area (TPSA) is 57.8 Å². The van der Waals surface area contributed by atoms with Crippen molar-refractivity contribution in [1.29, 1.82) is 0 Å². The number of hydrogen-bond donors (Lipinski definition) is 1. The van der Waals surface area contributed by atoms with Gasteiger partial charge in [0.1, 0.15) is 0 Å². The number of fused-ring (bicyclic) bond motifs is 1. The van der Waals surface area contributed by atoms with E-state index in [1.54, 1.807) is 16.7 Å². The van der Waals surface area contributed by atoms with Gasteiger partial charge in [-0.15, -0.1) is 11.3 Å². The number of β-amino-alcohol motifs (C(OH)–C–C–N with tert-alkyl or cyclic N) is 1. The zero-order valence-electron chi connectivity index (χ0n) is 9.46. The molecule has 0 aromatic carbocycles. The van der Waals surface area contributed by atoms with Gasteiger partial charge in [-0.25, -0.2) is 4.98 Å². The summed E-state index contributed by atoms with van der Waals surface area (Å²) in [5.74, 6) is 0. The van der Waals surface area contributed by atoms with Gasteiger partial charge >= 0.3 is 0 Å². The van der Waals surface area contributed by atoms with Gasteiger partial charge in [0.25, 0.3) is 5.56 Å². The van der Waals surface area contributed by atoms with E-state index in [4.69, 9.17) is 0 Å². The van der Waals surface area contributed by atoms with Crippen molar-refractivity contribution in [3.8, 4) is 0 Å². The lowest BCUT2D eigenvalue weighted by Crippen LogP contribution is -2.59. The van der Waals surface area contributed by atoms with E-state index in [0.717, 1.165) is 10.7 Å². The zero-order valence-corrected chi connectivity index (χ0v) is 10.3. The van der Waals surface area contributed by atoms with Gasteiger partial charge in [-0.2, -0.15) is 0 Å². The molecule has 0 atom stereocenters. The Labute approximate surface area is 102 Å². The Balaban J connectivity index is 1.84. The average molecular weight is 251 g/mol. The third-order valence-electron chi connectivity index (χ3n) is 2.87. The summed E-state index contributed by atoms with van der Waals surface area (Å²) in [6.07, 6.45) is 1.73. The highest BCUT2D eigenvalue weighted by molar-refractivity contribution is 7.15. The van der Waals surface area contributed by atoms with Crippen molar-refractivity contribution in [3.05, 3.63) is 33.7 Å². The fourth-order valence-corrected chi connectivity index (χ4v) is 2.97. The number of thiazole rings is 1. The van der Waals surface area contributed by atoms with Gasteiger partial charge in [0.05, 0.1) is 11.3 Å². The molecule has 3 rings (SSSR count). The molecule has 0 spiro atoms. The van der Waals surface area contributed by atoms with Crippen molar-refractivity contribution >= 4 is 16.3 Å². The first kappa shape index (κ1) is 10.9. The van der Waals surface area contributed by atoms with E-state index < -0.39 is 5.60 Å². The highest BCUT2D eigenvalue weighted by atomic mass is 32.1. The fraction of sp³-hybridized carbons (Fsp3) is 0.455. The van der Waals surface area contributed by atoms with Crippen LogP contribution in [0.5, 0.6) is 0 Å². The maximum Gasteiger partial charge on any atom is 0.258 e. The summed E-state index contributed by atoms with van der Waals surface area (Å²) < 4.78 is 1.54. The predicted molar refractivity (Wildman–Crippen MR) is 65.2 cm³/mol. The molecule has 3 heterocycles. The standard InChI is InChI=1S/C11H13N3O2S/c1-11(16)6-13(7-11)5-8-4-9(15)14-2-3-17-10(14)12-8/h2-4,16H,5-7H2,1H3. The second-order valence-electron chi connectivity index (χ2n) is 4.78. The van der Waals surface area contributed by atoms with E-state index >= 15 is 0 Å². The summed E-state index contributed by atoms with van der Waals surface area (Å²) in [5.41, 5.74) is 0.147. The molecule has 17 heavy (non-hydrogen) atoms. The smallest absolute Gasteiger partial charge is 0.258 e. The quantitative estimate of drug-likeness (QED) is 0.835. The van der Waals surface area contributed by atoms with Crippen LogP contribution in [0.15, 0.2) is 22.4 Å². The largest absolute Gasteiger partial charge is 0.388 e. The molecule has 5 nitrogen and oxygen atoms in total. The van der Waals surface area contributed by atoms with E-state index in [9.17, 15) is 9.90 Å². The van der Waals surface area contributed by atoms with Crippen LogP contribution in [0.2, 0.25) is 0 Å². The Morgan fingerprint density at radius 1 is 1.59 bits per heavy atom. The Morgan fingerprint density at radius 3 is 3.06 bits per heavy atom. The second-order valence-corrected chi connectivity index (χ2v) is 5.66. The number of aliphatic hydroxyl groups is 1. The summed E-state index contributed by atoms with van der Waals surface area (Å²) in [5, 5.41) is 11.5. The molecular weight excluding hydrogens is 238 g/mol. The summed E-state index contributed by atoms with van der Waals surface area (Å²) in [4.78, 5) is 19.0. The fourth-order valence-electron chi connectivity index (χ4n) is 2.23. The van der Waals surface area contributed by atoms with Crippen LogP contribution in [0, 0.1) is 0 Å². The van der Waals surface area contributed by atoms with Crippen molar-refractivity contribution in [3.63, 3.8) is 0 Å². The van der Waals surface area contributed by atoms with Gasteiger partial charge in [0.2, 0.25) is 0 Å². The lowest BCUT2D eigenvalue weighted by atomic mass is 9.97. The van der Waals surface area contributed by atoms with E-state index in [1.807, 2.05) is 12.3 Å². The Morgan fingerprint density at radius 2 is 2.35 bits per heavy atom. The average Bonchev–Trinajstić information content (AvgIpc) is 2.63. The van der Waals surface area contributed by atoms with Crippen LogP contribution >= 0.6 is 11.3 Å². The van der Waals surface area contributed by atoms with Crippen LogP contribution in [0.4, 0.5) is 0 Å². The summed E-state index contributed by atoms with van der Waals surface area (Å²) in [7, 11) is 0. The number of nitrogens with zero attached hydrogens (tertiary/aromatic N) is 3. The summed E-state index contributed by atoms with van der Waals surface area (Å²) in [6.45, 7) is 3.71. The molecule has 0 radical (unpaired) electrons. The summed E-state index contributed by atoms with van der Waals surface area (Å²) >= 11 is 1.45. The van der Waals surface area contributed by atoms with Gasteiger partial charge in [-0.3, -0.25) is 14.1 Å². The highest BCUT2D eigenvalue weighted by Crippen LogP contribution is 2.21. The molecule has 90 valence electrons. The Hall–Kier alpha value is -1.24. The van der Waals surface area contributed by atoms with Crippen molar-refractivity contribution in [2.24, 2.45) is 0 Å². The Kier molecular flexibility index (Phi) is 2.32. The maximum absolute atomic E-state index is 11.7. The first-order valence-electron chi connectivity index (χ1n) is 5.44. The molecule has 0 amide bonds. The zero-order chi connectivity index (χ0) is 12.0. The Bertz CT molecular complexity index is 608. The first-order chi connectivity index (χ1) is 8.03. The molecule has 2 aromatic rings. The molecule has 6 heteroatoms. The molecule has 0 aliphatic carbocycles. The predicted octanol–water partition coefficient (Wildman–Crippen LogP) is 0.323. The van der Waals surface area contributed by atoms with E-state index in [-0.39, 0.29) is 5.56 Å². The first-order valence-corrected chi connectivity index (χ1v) is 6.32. The van der Waals surface area contributed by atoms with Crippen LogP contribution in [0.3, 0.4) is 0 Å². The summed E-state index contributed by atoms with van der Waals surface area (Å²) in [6, 6.07) is 1.56. The molecule has 0 unspecified atom stereocenters. The lowest BCUT2D eigenvalue weighted by Gasteiger charge is -2.43. The normalized spacial score (nSPS) is 19.4. The van der Waals surface area contributed by atoms with Crippen LogP contribution in [-0.4, -0.2) is 38.1 Å². The molecule has 0 bridgehead atoms. The minimum absolute atomic E-state index is 0.0430. The minimum atomic E-state index is -0.581. The van der Waals surface area contributed by atoms with Crippen molar-refractivity contribution in [1.82, 2.24) is 14.3 Å². The van der Waals surface area contributed by atoms with Crippen molar-refractivity contribution in [2.75, 3.05) is 13.1 Å². The van der Waals surface area contributed by atoms with E-state index in [0.29, 0.717) is 19.6 Å². The molecule has 0 saturated carbocycles. The third-order valence-corrected chi connectivity index (χ3v) is 3.63. The van der Waals surface area contributed by atoms with Gasteiger partial charge in [0, 0.05) is 37.3 Å². The number of aromatic nitrogens is 2. The third kappa shape index (κ3) is 1.99. The number of hydrogen-bond acceptors (Lipinski definition) is 5. The van der Waals surface area contributed by atoms with Gasteiger partial charge < -0.3 is 5.11 Å². The van der Waals surface area contributed by atoms with Crippen LogP contribution in [-0.2, 0) is 6.54 Å². The van der Waals surface area contributed by atoms with Crippen molar-refractivity contribution in [2.45, 2.75) is 19.1 Å². The van der Waals surface area contributed by atoms with Crippen LogP contribution < -0.4 is 5.56 Å². The highest BCUT2D eigenvalue weighted by Gasteiger charge is 2.36. The maximum atomic E-state index is 11.7. The van der Waals surface area contributed by atoms with E-state index in [1.165, 1.54) is 11.3 Å². The van der Waals surface area contributed by atoms with Crippen LogP contribution in [0.1, 0.15) is 12.6 Å².